The zero-order valence-corrected chi connectivity index (χ0v) is 18.0. The van der Waals surface area contributed by atoms with Gasteiger partial charge in [0.1, 0.15) is 11.6 Å². The Hall–Kier alpha value is -1.49. The average Bonchev–Trinajstić information content (AvgIpc) is 2.66. The first-order chi connectivity index (χ1) is 13.4. The maximum absolute atomic E-state index is 12.3. The van der Waals surface area contributed by atoms with E-state index in [-0.39, 0.29) is 5.92 Å². The van der Waals surface area contributed by atoms with Crippen LogP contribution in [0.5, 0.6) is 0 Å². The lowest BCUT2D eigenvalue weighted by Crippen LogP contribution is -2.61. The van der Waals surface area contributed by atoms with Crippen LogP contribution < -0.4 is 4.90 Å². The Kier molecular flexibility index (Phi) is 5.47. The molecular weight excluding hydrogens is 348 g/mol. The summed E-state index contributed by atoms with van der Waals surface area (Å²) in [6, 6.07) is 1.31. The Morgan fingerprint density at radius 3 is 2.36 bits per heavy atom. The smallest absolute Gasteiger partial charge is 0.138 e. The molecule has 1 saturated heterocycles. The molecule has 1 atom stereocenters. The fourth-order valence-corrected chi connectivity index (χ4v) is 5.87. The second kappa shape index (κ2) is 7.74. The Bertz CT molecular complexity index is 685. The van der Waals surface area contributed by atoms with Gasteiger partial charge in [-0.05, 0) is 57.8 Å². The third-order valence-electron chi connectivity index (χ3n) is 7.64. The van der Waals surface area contributed by atoms with Crippen molar-refractivity contribution in [3.8, 4) is 0 Å². The van der Waals surface area contributed by atoms with Crippen molar-refractivity contribution in [1.82, 2.24) is 14.9 Å². The van der Waals surface area contributed by atoms with Crippen molar-refractivity contribution in [2.24, 2.45) is 17.3 Å². The molecule has 4 rings (SSSR count). The van der Waals surface area contributed by atoms with Gasteiger partial charge in [0.15, 0.2) is 0 Å². The molecular formula is C23H36N4O. The zero-order valence-electron chi connectivity index (χ0n) is 18.0. The summed E-state index contributed by atoms with van der Waals surface area (Å²) in [5.74, 6) is 1.86. The van der Waals surface area contributed by atoms with E-state index < -0.39 is 0 Å². The van der Waals surface area contributed by atoms with E-state index in [9.17, 15) is 4.79 Å². The third kappa shape index (κ3) is 3.83. The number of ketones is 1. The number of rotatable bonds is 4. The lowest BCUT2D eigenvalue weighted by Gasteiger charge is -2.57. The SMILES string of the molecule is Cc1ncc(N2CCN(C3CC4(CCC(C(=O)C(C)C)CC4)C3)[C@@H](C)C2)cn1. The van der Waals surface area contributed by atoms with Crippen LogP contribution in [-0.4, -0.2) is 52.4 Å². The number of nitrogens with zero attached hydrogens (tertiary/aromatic N) is 4. The second-order valence-corrected chi connectivity index (χ2v) is 9.91. The van der Waals surface area contributed by atoms with Gasteiger partial charge in [0.05, 0.1) is 18.1 Å². The highest BCUT2D eigenvalue weighted by Crippen LogP contribution is 2.55. The molecule has 2 saturated carbocycles. The van der Waals surface area contributed by atoms with Gasteiger partial charge >= 0.3 is 0 Å². The van der Waals surface area contributed by atoms with E-state index in [1.165, 1.54) is 25.7 Å². The summed E-state index contributed by atoms with van der Waals surface area (Å²) in [6.07, 6.45) is 11.4. The van der Waals surface area contributed by atoms with Gasteiger partial charge in [-0.2, -0.15) is 0 Å². The van der Waals surface area contributed by atoms with Crippen molar-refractivity contribution < 1.29 is 4.79 Å². The summed E-state index contributed by atoms with van der Waals surface area (Å²) in [4.78, 5) is 26.2. The Morgan fingerprint density at radius 1 is 1.14 bits per heavy atom. The van der Waals surface area contributed by atoms with Gasteiger partial charge in [0.25, 0.3) is 0 Å². The number of aryl methyl sites for hydroxylation is 1. The first kappa shape index (κ1) is 19.8. The topological polar surface area (TPSA) is 49.3 Å². The first-order valence-corrected chi connectivity index (χ1v) is 11.2. The predicted molar refractivity (Wildman–Crippen MR) is 112 cm³/mol. The van der Waals surface area contributed by atoms with E-state index in [1.54, 1.807) is 0 Å². The molecule has 28 heavy (non-hydrogen) atoms. The van der Waals surface area contributed by atoms with Gasteiger partial charge in [0, 0.05) is 43.6 Å². The van der Waals surface area contributed by atoms with Gasteiger partial charge in [-0.3, -0.25) is 9.69 Å². The molecule has 5 heteroatoms. The van der Waals surface area contributed by atoms with Crippen LogP contribution in [0.3, 0.4) is 0 Å². The third-order valence-corrected chi connectivity index (χ3v) is 7.64. The zero-order chi connectivity index (χ0) is 19.9. The number of Topliss-reactive ketones (excluding diaryl/α,β-unsaturated/α-hetero) is 1. The fourth-order valence-electron chi connectivity index (χ4n) is 5.87. The fraction of sp³-hybridized carbons (Fsp3) is 0.783. The van der Waals surface area contributed by atoms with Crippen LogP contribution in [0.25, 0.3) is 0 Å². The molecule has 3 fully saturated rings. The molecule has 5 nitrogen and oxygen atoms in total. The molecule has 2 aliphatic carbocycles. The molecule has 0 bridgehead atoms. The first-order valence-electron chi connectivity index (χ1n) is 11.2. The minimum atomic E-state index is 0.198. The molecule has 0 radical (unpaired) electrons. The van der Waals surface area contributed by atoms with E-state index in [0.29, 0.717) is 23.2 Å². The Morgan fingerprint density at radius 2 is 1.79 bits per heavy atom. The lowest BCUT2D eigenvalue weighted by molar-refractivity contribution is -0.129. The molecule has 1 aromatic heterocycles. The standard InChI is InChI=1S/C23H36N4O/c1-16(2)22(28)19-5-7-23(8-6-19)11-20(12-23)27-10-9-26(15-17(27)3)21-13-24-18(4)25-14-21/h13-14,16-17,19-20H,5-12,15H2,1-4H3/t17-,19?,20?,23?/m0/s1. The molecule has 1 spiro atoms. The van der Waals surface area contributed by atoms with Crippen molar-refractivity contribution in [2.75, 3.05) is 24.5 Å². The van der Waals surface area contributed by atoms with E-state index in [2.05, 4.69) is 40.5 Å². The molecule has 3 aliphatic rings. The average molecular weight is 385 g/mol. The van der Waals surface area contributed by atoms with Gasteiger partial charge in [0.2, 0.25) is 0 Å². The van der Waals surface area contributed by atoms with E-state index in [4.69, 9.17) is 0 Å². The van der Waals surface area contributed by atoms with Crippen LogP contribution >= 0.6 is 0 Å². The lowest BCUT2D eigenvalue weighted by atomic mass is 9.56. The number of hydrogen-bond donors (Lipinski definition) is 0. The van der Waals surface area contributed by atoms with Crippen molar-refractivity contribution in [2.45, 2.75) is 78.3 Å². The van der Waals surface area contributed by atoms with Crippen LogP contribution in [0.1, 0.15) is 65.1 Å². The summed E-state index contributed by atoms with van der Waals surface area (Å²) in [7, 11) is 0. The summed E-state index contributed by atoms with van der Waals surface area (Å²) in [5, 5.41) is 0. The van der Waals surface area contributed by atoms with Crippen molar-refractivity contribution in [3.05, 3.63) is 18.2 Å². The summed E-state index contributed by atoms with van der Waals surface area (Å²) >= 11 is 0. The molecule has 154 valence electrons. The van der Waals surface area contributed by atoms with Gasteiger partial charge in [-0.1, -0.05) is 13.8 Å². The molecule has 0 unspecified atom stereocenters. The summed E-state index contributed by atoms with van der Waals surface area (Å²) in [6.45, 7) is 11.6. The van der Waals surface area contributed by atoms with Gasteiger partial charge in [-0.25, -0.2) is 9.97 Å². The molecule has 0 N–H and O–H groups in total. The van der Waals surface area contributed by atoms with Gasteiger partial charge < -0.3 is 4.90 Å². The number of carbonyl (C=O) groups is 1. The highest BCUT2D eigenvalue weighted by Gasteiger charge is 2.49. The van der Waals surface area contributed by atoms with E-state index >= 15 is 0 Å². The maximum atomic E-state index is 12.3. The minimum absolute atomic E-state index is 0.198. The quantitative estimate of drug-likeness (QED) is 0.789. The molecule has 0 amide bonds. The number of hydrogen-bond acceptors (Lipinski definition) is 5. The van der Waals surface area contributed by atoms with Crippen LogP contribution in [0.2, 0.25) is 0 Å². The van der Waals surface area contributed by atoms with Crippen LogP contribution in [0, 0.1) is 24.2 Å². The van der Waals surface area contributed by atoms with Crippen LogP contribution in [0.4, 0.5) is 5.69 Å². The van der Waals surface area contributed by atoms with E-state index in [1.807, 2.05) is 19.3 Å². The van der Waals surface area contributed by atoms with Crippen molar-refractivity contribution in [1.29, 1.82) is 0 Å². The number of piperazine rings is 1. The predicted octanol–water partition coefficient (Wildman–Crippen LogP) is 3.86. The van der Waals surface area contributed by atoms with Crippen LogP contribution in [-0.2, 0) is 4.79 Å². The Balaban J connectivity index is 1.27. The highest BCUT2D eigenvalue weighted by molar-refractivity contribution is 5.82. The summed E-state index contributed by atoms with van der Waals surface area (Å²) in [5.41, 5.74) is 1.69. The second-order valence-electron chi connectivity index (χ2n) is 9.91. The number of anilines is 1. The molecule has 2 heterocycles. The minimum Gasteiger partial charge on any atom is -0.366 e. The summed E-state index contributed by atoms with van der Waals surface area (Å²) < 4.78 is 0. The molecule has 0 aromatic carbocycles. The van der Waals surface area contributed by atoms with E-state index in [0.717, 1.165) is 50.0 Å². The van der Waals surface area contributed by atoms with Crippen molar-refractivity contribution >= 4 is 11.5 Å². The largest absolute Gasteiger partial charge is 0.366 e. The maximum Gasteiger partial charge on any atom is 0.138 e. The van der Waals surface area contributed by atoms with Crippen LogP contribution in [0.15, 0.2) is 12.4 Å². The normalized spacial score (nSPS) is 33.9. The molecule has 1 aliphatic heterocycles. The highest BCUT2D eigenvalue weighted by atomic mass is 16.1. The number of carbonyl (C=O) groups excluding carboxylic acids is 1. The molecule has 1 aromatic rings. The Labute approximate surface area is 169 Å². The monoisotopic (exact) mass is 384 g/mol. The number of aromatic nitrogens is 2. The van der Waals surface area contributed by atoms with Gasteiger partial charge in [-0.15, -0.1) is 0 Å². The van der Waals surface area contributed by atoms with Crippen molar-refractivity contribution in [3.63, 3.8) is 0 Å².